The molecular weight excluding hydrogens is 403 g/mol. The van der Waals surface area contributed by atoms with Gasteiger partial charge in [0.2, 0.25) is 0 Å². The molecule has 1 unspecified atom stereocenters. The highest BCUT2D eigenvalue weighted by Gasteiger charge is 2.14. The van der Waals surface area contributed by atoms with Crippen molar-refractivity contribution < 1.29 is 4.39 Å². The first-order valence-corrected chi connectivity index (χ1v) is 8.04. The normalized spacial score (nSPS) is 12.7. The molecule has 0 radical (unpaired) electrons. The molecule has 2 N–H and O–H groups in total. The highest BCUT2D eigenvalue weighted by molar-refractivity contribution is 9.11. The molecule has 0 amide bonds. The van der Waals surface area contributed by atoms with Crippen molar-refractivity contribution in [2.24, 2.45) is 0 Å². The summed E-state index contributed by atoms with van der Waals surface area (Å²) in [5.41, 5.74) is 3.37. The Bertz CT molecular complexity index is 839. The van der Waals surface area contributed by atoms with E-state index in [9.17, 15) is 9.18 Å². The van der Waals surface area contributed by atoms with Gasteiger partial charge in [0.1, 0.15) is 5.82 Å². The first-order valence-electron chi connectivity index (χ1n) is 6.33. The molecule has 6 heteroatoms. The molecular formula is C15H11Br2FN2O. The number of fused-ring (bicyclic) bond motifs is 1. The fraction of sp³-hybridized carbons (Fsp3) is 0.133. The third-order valence-electron chi connectivity index (χ3n) is 3.30. The summed E-state index contributed by atoms with van der Waals surface area (Å²) in [5, 5.41) is 0. The molecule has 1 aromatic heterocycles. The van der Waals surface area contributed by atoms with Crippen LogP contribution in [0, 0.1) is 5.82 Å². The lowest BCUT2D eigenvalue weighted by Crippen LogP contribution is -1.99. The fourth-order valence-corrected chi connectivity index (χ4v) is 3.93. The summed E-state index contributed by atoms with van der Waals surface area (Å²) in [7, 11) is 0. The summed E-state index contributed by atoms with van der Waals surface area (Å²) < 4.78 is 13.8. The second kappa shape index (κ2) is 5.77. The molecule has 3 nitrogen and oxygen atoms in total. The van der Waals surface area contributed by atoms with E-state index >= 15 is 0 Å². The number of benzene rings is 2. The van der Waals surface area contributed by atoms with E-state index < -0.39 is 0 Å². The molecule has 3 aromatic rings. The third-order valence-corrected chi connectivity index (χ3v) is 4.80. The van der Waals surface area contributed by atoms with E-state index in [1.165, 1.54) is 12.1 Å². The summed E-state index contributed by atoms with van der Waals surface area (Å²) in [6.07, 6.45) is 0.721. The van der Waals surface area contributed by atoms with Gasteiger partial charge in [0, 0.05) is 9.30 Å². The molecule has 0 spiro atoms. The zero-order valence-corrected chi connectivity index (χ0v) is 14.0. The van der Waals surface area contributed by atoms with Crippen molar-refractivity contribution in [2.45, 2.75) is 11.2 Å². The van der Waals surface area contributed by atoms with Crippen LogP contribution in [0.15, 0.2) is 45.7 Å². The minimum atomic E-state index is -0.239. The lowest BCUT2D eigenvalue weighted by atomic mass is 10.0. The predicted molar refractivity (Wildman–Crippen MR) is 88.4 cm³/mol. The van der Waals surface area contributed by atoms with Crippen LogP contribution >= 0.6 is 31.9 Å². The molecule has 2 aromatic carbocycles. The third kappa shape index (κ3) is 3.11. The number of rotatable bonds is 3. The van der Waals surface area contributed by atoms with Crippen LogP contribution < -0.4 is 5.69 Å². The maximum Gasteiger partial charge on any atom is 0.323 e. The van der Waals surface area contributed by atoms with Gasteiger partial charge in [-0.2, -0.15) is 0 Å². The van der Waals surface area contributed by atoms with E-state index in [0.29, 0.717) is 0 Å². The van der Waals surface area contributed by atoms with E-state index in [2.05, 4.69) is 41.8 Å². The summed E-state index contributed by atoms with van der Waals surface area (Å²) in [4.78, 5) is 16.9. The van der Waals surface area contributed by atoms with Gasteiger partial charge in [0.25, 0.3) is 0 Å². The van der Waals surface area contributed by atoms with Crippen molar-refractivity contribution in [2.75, 3.05) is 0 Å². The van der Waals surface area contributed by atoms with Crippen molar-refractivity contribution in [1.29, 1.82) is 0 Å². The van der Waals surface area contributed by atoms with Crippen LogP contribution in [0.5, 0.6) is 0 Å². The van der Waals surface area contributed by atoms with Crippen LogP contribution in [0.25, 0.3) is 11.0 Å². The second-order valence-electron chi connectivity index (χ2n) is 4.80. The predicted octanol–water partition coefficient (Wildman–Crippen LogP) is 4.44. The number of alkyl halides is 1. The van der Waals surface area contributed by atoms with Crippen LogP contribution in [0.4, 0.5) is 4.39 Å². The number of hydrogen-bond acceptors (Lipinski definition) is 1. The number of hydrogen-bond donors (Lipinski definition) is 2. The topological polar surface area (TPSA) is 48.6 Å². The summed E-state index contributed by atoms with van der Waals surface area (Å²) in [6, 6.07) is 10.3. The van der Waals surface area contributed by atoms with E-state index in [1.54, 1.807) is 12.1 Å². The minimum Gasteiger partial charge on any atom is -0.306 e. The lowest BCUT2D eigenvalue weighted by Gasteiger charge is -2.12. The average Bonchev–Trinajstić information content (AvgIpc) is 2.79. The van der Waals surface area contributed by atoms with Gasteiger partial charge in [-0.25, -0.2) is 9.18 Å². The van der Waals surface area contributed by atoms with Gasteiger partial charge < -0.3 is 9.97 Å². The second-order valence-corrected chi connectivity index (χ2v) is 6.76. The van der Waals surface area contributed by atoms with Gasteiger partial charge in [-0.3, -0.25) is 0 Å². The molecule has 0 aliphatic carbocycles. The van der Waals surface area contributed by atoms with Gasteiger partial charge in [0.15, 0.2) is 0 Å². The Morgan fingerprint density at radius 1 is 1.10 bits per heavy atom. The molecule has 1 heterocycles. The Balaban J connectivity index is 1.93. The molecule has 108 valence electrons. The number of halogens is 3. The van der Waals surface area contributed by atoms with Crippen molar-refractivity contribution in [3.8, 4) is 0 Å². The quantitative estimate of drug-likeness (QED) is 0.613. The monoisotopic (exact) mass is 412 g/mol. The van der Waals surface area contributed by atoms with Gasteiger partial charge in [-0.1, -0.05) is 44.0 Å². The van der Waals surface area contributed by atoms with Crippen LogP contribution in [0.1, 0.15) is 16.0 Å². The van der Waals surface area contributed by atoms with Crippen molar-refractivity contribution in [1.82, 2.24) is 9.97 Å². The molecule has 21 heavy (non-hydrogen) atoms. The zero-order valence-electron chi connectivity index (χ0n) is 10.8. The van der Waals surface area contributed by atoms with Gasteiger partial charge in [-0.15, -0.1) is 0 Å². The summed E-state index contributed by atoms with van der Waals surface area (Å²) in [6.45, 7) is 0. The van der Waals surface area contributed by atoms with Crippen molar-refractivity contribution in [3.63, 3.8) is 0 Å². The van der Waals surface area contributed by atoms with Crippen LogP contribution in [0.2, 0.25) is 0 Å². The van der Waals surface area contributed by atoms with Gasteiger partial charge in [0.05, 0.1) is 11.0 Å². The highest BCUT2D eigenvalue weighted by Crippen LogP contribution is 2.34. The van der Waals surface area contributed by atoms with E-state index in [0.717, 1.165) is 33.1 Å². The van der Waals surface area contributed by atoms with Crippen LogP contribution in [-0.4, -0.2) is 9.97 Å². The zero-order chi connectivity index (χ0) is 15.0. The Morgan fingerprint density at radius 3 is 2.38 bits per heavy atom. The maximum atomic E-state index is 12.9. The standard InChI is InChI=1S/C15H11Br2FN2O/c16-11(5-8-1-3-9(18)4-2-8)10-6-13-14(7-12(10)17)20-15(21)19-13/h1-4,6-7,11H,5H2,(H2,19,20,21). The molecule has 0 bridgehead atoms. The van der Waals surface area contributed by atoms with Gasteiger partial charge in [-0.05, 0) is 41.8 Å². The van der Waals surface area contributed by atoms with Crippen LogP contribution in [0.3, 0.4) is 0 Å². The summed E-state index contributed by atoms with van der Waals surface area (Å²) >= 11 is 7.18. The maximum absolute atomic E-state index is 12.9. The Labute approximate surface area is 136 Å². The minimum absolute atomic E-state index is 0.0557. The molecule has 0 fully saturated rings. The molecule has 3 rings (SSSR count). The molecule has 0 saturated heterocycles. The summed E-state index contributed by atoms with van der Waals surface area (Å²) in [5.74, 6) is -0.239. The van der Waals surface area contributed by atoms with E-state index in [-0.39, 0.29) is 16.3 Å². The SMILES string of the molecule is O=c1[nH]c2cc(Br)c(C(Br)Cc3ccc(F)cc3)cc2[nH]1. The molecule has 1 atom stereocenters. The Kier molecular flexibility index (Phi) is 3.99. The van der Waals surface area contributed by atoms with Gasteiger partial charge >= 0.3 is 5.69 Å². The van der Waals surface area contributed by atoms with E-state index in [1.807, 2.05) is 12.1 Å². The van der Waals surface area contributed by atoms with Crippen molar-refractivity contribution >= 4 is 42.9 Å². The molecule has 0 aliphatic rings. The molecule has 0 aliphatic heterocycles. The first-order chi connectivity index (χ1) is 10.0. The fourth-order valence-electron chi connectivity index (χ4n) is 2.25. The Morgan fingerprint density at radius 2 is 1.71 bits per heavy atom. The van der Waals surface area contributed by atoms with E-state index in [4.69, 9.17) is 0 Å². The number of H-pyrrole nitrogens is 2. The Hall–Kier alpha value is -1.40. The largest absolute Gasteiger partial charge is 0.323 e. The smallest absolute Gasteiger partial charge is 0.306 e. The number of imidazole rings is 1. The number of nitrogens with one attached hydrogen (secondary N) is 2. The number of aromatic nitrogens is 2. The number of aromatic amines is 2. The molecule has 0 saturated carbocycles. The average molecular weight is 414 g/mol. The van der Waals surface area contributed by atoms with Crippen molar-refractivity contribution in [3.05, 3.63) is 68.3 Å². The first kappa shape index (κ1) is 14.5. The van der Waals surface area contributed by atoms with Crippen LogP contribution in [-0.2, 0) is 6.42 Å². The highest BCUT2D eigenvalue weighted by atomic mass is 79.9. The lowest BCUT2D eigenvalue weighted by molar-refractivity contribution is 0.627.